The molecular weight excluding hydrogens is 163 g/mol. The Kier molecular flexibility index (Phi) is 1.92. The van der Waals surface area contributed by atoms with E-state index in [0.717, 1.165) is 11.1 Å². The molecule has 0 aliphatic rings. The molecule has 0 aromatic carbocycles. The lowest BCUT2D eigenvalue weighted by molar-refractivity contribution is -0.117. The van der Waals surface area contributed by atoms with Crippen LogP contribution in [0, 0.1) is 0 Å². The van der Waals surface area contributed by atoms with E-state index in [1.165, 1.54) is 0 Å². The molecule has 0 unspecified atom stereocenters. The molecule has 0 saturated carbocycles. The third-order valence-corrected chi connectivity index (χ3v) is 0.791. The van der Waals surface area contributed by atoms with Gasteiger partial charge in [0.25, 0.3) is 0 Å². The summed E-state index contributed by atoms with van der Waals surface area (Å²) in [7, 11) is 0. The zero-order valence-corrected chi connectivity index (χ0v) is 5.21. The standard InChI is InChI=1S/C3H4F3N5/c4-3(5,6)1-8-11-2-7-9-10-11/h2,8H,1H2. The van der Waals surface area contributed by atoms with Gasteiger partial charge in [0, 0.05) is 0 Å². The molecule has 0 saturated heterocycles. The molecule has 62 valence electrons. The van der Waals surface area contributed by atoms with Gasteiger partial charge in [0.05, 0.1) is 0 Å². The van der Waals surface area contributed by atoms with Gasteiger partial charge in [-0.05, 0) is 10.4 Å². The first-order chi connectivity index (χ1) is 5.08. The fourth-order valence-electron chi connectivity index (χ4n) is 0.404. The molecule has 1 aromatic heterocycles. The average Bonchev–Trinajstić information content (AvgIpc) is 2.32. The Labute approximate surface area is 59.2 Å². The topological polar surface area (TPSA) is 55.6 Å². The van der Waals surface area contributed by atoms with Crippen LogP contribution in [0.2, 0.25) is 0 Å². The summed E-state index contributed by atoms with van der Waals surface area (Å²) in [4.78, 5) is 0.785. The highest BCUT2D eigenvalue weighted by molar-refractivity contribution is 4.68. The lowest BCUT2D eigenvalue weighted by atomic mass is 10.7. The number of rotatable bonds is 2. The first-order valence-electron chi connectivity index (χ1n) is 2.61. The van der Waals surface area contributed by atoms with E-state index in [1.807, 2.05) is 5.43 Å². The molecule has 5 nitrogen and oxygen atoms in total. The SMILES string of the molecule is FC(F)(F)CNn1cnnn1. The molecule has 0 atom stereocenters. The first-order valence-corrected chi connectivity index (χ1v) is 2.61. The largest absolute Gasteiger partial charge is 0.407 e. The quantitative estimate of drug-likeness (QED) is 0.661. The summed E-state index contributed by atoms with van der Waals surface area (Å²) in [5.41, 5.74) is 1.92. The zero-order valence-electron chi connectivity index (χ0n) is 5.21. The molecule has 0 spiro atoms. The van der Waals surface area contributed by atoms with Crippen LogP contribution in [-0.2, 0) is 0 Å². The van der Waals surface area contributed by atoms with Crippen LogP contribution in [0.4, 0.5) is 13.2 Å². The van der Waals surface area contributed by atoms with Crippen molar-refractivity contribution >= 4 is 0 Å². The fraction of sp³-hybridized carbons (Fsp3) is 0.667. The summed E-state index contributed by atoms with van der Waals surface area (Å²) in [6.45, 7) is -1.15. The van der Waals surface area contributed by atoms with Crippen LogP contribution in [-0.4, -0.2) is 33.0 Å². The molecule has 0 aliphatic carbocycles. The van der Waals surface area contributed by atoms with Gasteiger partial charge in [-0.15, -0.1) is 9.89 Å². The van der Waals surface area contributed by atoms with Crippen LogP contribution in [0.15, 0.2) is 6.33 Å². The molecule has 0 aliphatic heterocycles. The van der Waals surface area contributed by atoms with Gasteiger partial charge in [-0.25, -0.2) is 0 Å². The summed E-state index contributed by atoms with van der Waals surface area (Å²) < 4.78 is 34.5. The van der Waals surface area contributed by atoms with Crippen LogP contribution < -0.4 is 5.43 Å². The first kappa shape index (κ1) is 7.76. The van der Waals surface area contributed by atoms with Crippen molar-refractivity contribution < 1.29 is 13.2 Å². The Bertz CT molecular complexity index is 203. The molecular formula is C3H4F3N5. The molecule has 1 N–H and O–H groups in total. The minimum atomic E-state index is -4.26. The van der Waals surface area contributed by atoms with E-state index >= 15 is 0 Å². The Hall–Kier alpha value is -1.34. The second-order valence-electron chi connectivity index (χ2n) is 1.70. The third-order valence-electron chi connectivity index (χ3n) is 0.791. The molecule has 8 heteroatoms. The molecule has 0 bridgehead atoms. The van der Waals surface area contributed by atoms with E-state index in [-0.39, 0.29) is 0 Å². The highest BCUT2D eigenvalue weighted by Gasteiger charge is 2.26. The number of tetrazole rings is 1. The monoisotopic (exact) mass is 167 g/mol. The van der Waals surface area contributed by atoms with E-state index < -0.39 is 12.7 Å². The number of hydrogen-bond donors (Lipinski definition) is 1. The van der Waals surface area contributed by atoms with Gasteiger partial charge in [0.2, 0.25) is 0 Å². The summed E-state index contributed by atoms with van der Waals surface area (Å²) in [6.07, 6.45) is -3.22. The van der Waals surface area contributed by atoms with Crippen molar-refractivity contribution in [2.45, 2.75) is 6.18 Å². The summed E-state index contributed by atoms with van der Waals surface area (Å²) in [5.74, 6) is 0. The van der Waals surface area contributed by atoms with Gasteiger partial charge in [-0.2, -0.15) is 13.2 Å². The molecule has 11 heavy (non-hydrogen) atoms. The Morgan fingerprint density at radius 3 is 2.64 bits per heavy atom. The molecule has 1 rings (SSSR count). The maximum Gasteiger partial charge on any atom is 0.407 e. The van der Waals surface area contributed by atoms with Gasteiger partial charge in [-0.1, -0.05) is 0 Å². The summed E-state index contributed by atoms with van der Waals surface area (Å²) >= 11 is 0. The van der Waals surface area contributed by atoms with Crippen molar-refractivity contribution in [1.82, 2.24) is 20.3 Å². The fourth-order valence-corrected chi connectivity index (χ4v) is 0.404. The van der Waals surface area contributed by atoms with Crippen molar-refractivity contribution in [3.05, 3.63) is 6.33 Å². The lowest BCUT2D eigenvalue weighted by Gasteiger charge is -2.06. The number of halogens is 3. The van der Waals surface area contributed by atoms with Crippen molar-refractivity contribution in [2.24, 2.45) is 0 Å². The second-order valence-corrected chi connectivity index (χ2v) is 1.70. The highest BCUT2D eigenvalue weighted by atomic mass is 19.4. The van der Waals surface area contributed by atoms with Gasteiger partial charge in [0.15, 0.2) is 6.33 Å². The maximum atomic E-state index is 11.5. The molecule has 1 aromatic rings. The predicted molar refractivity (Wildman–Crippen MR) is 28.1 cm³/mol. The second kappa shape index (κ2) is 2.72. The lowest BCUT2D eigenvalue weighted by Crippen LogP contribution is -2.28. The van der Waals surface area contributed by atoms with Gasteiger partial charge in [0.1, 0.15) is 6.54 Å². The van der Waals surface area contributed by atoms with Gasteiger partial charge >= 0.3 is 6.18 Å². The van der Waals surface area contributed by atoms with Crippen molar-refractivity contribution in [2.75, 3.05) is 12.0 Å². The van der Waals surface area contributed by atoms with Crippen molar-refractivity contribution in [1.29, 1.82) is 0 Å². The maximum absolute atomic E-state index is 11.5. The number of nitrogens with zero attached hydrogens (tertiary/aromatic N) is 4. The normalized spacial score (nSPS) is 11.5. The van der Waals surface area contributed by atoms with Crippen molar-refractivity contribution in [3.8, 4) is 0 Å². The van der Waals surface area contributed by atoms with Crippen LogP contribution in [0.5, 0.6) is 0 Å². The van der Waals surface area contributed by atoms with Gasteiger partial charge in [-0.3, -0.25) is 5.43 Å². The smallest absolute Gasteiger partial charge is 0.298 e. The summed E-state index contributed by atoms with van der Waals surface area (Å²) in [5, 5.41) is 9.41. The van der Waals surface area contributed by atoms with E-state index in [0.29, 0.717) is 0 Å². The number of alkyl halides is 3. The van der Waals surface area contributed by atoms with Gasteiger partial charge < -0.3 is 0 Å². The van der Waals surface area contributed by atoms with Crippen LogP contribution in [0.1, 0.15) is 0 Å². The van der Waals surface area contributed by atoms with E-state index in [4.69, 9.17) is 0 Å². The molecule has 0 fully saturated rings. The Morgan fingerprint density at radius 2 is 2.18 bits per heavy atom. The molecule has 0 radical (unpaired) electrons. The predicted octanol–water partition coefficient (Wildman–Crippen LogP) is -0.221. The minimum absolute atomic E-state index is 0.785. The Morgan fingerprint density at radius 1 is 1.45 bits per heavy atom. The van der Waals surface area contributed by atoms with E-state index in [1.54, 1.807) is 0 Å². The van der Waals surface area contributed by atoms with Crippen LogP contribution in [0.25, 0.3) is 0 Å². The zero-order chi connectivity index (χ0) is 8.32. The average molecular weight is 167 g/mol. The third kappa shape index (κ3) is 2.83. The minimum Gasteiger partial charge on any atom is -0.298 e. The van der Waals surface area contributed by atoms with Crippen LogP contribution >= 0.6 is 0 Å². The summed E-state index contributed by atoms with van der Waals surface area (Å²) in [6, 6.07) is 0. The number of aromatic nitrogens is 4. The van der Waals surface area contributed by atoms with Crippen LogP contribution in [0.3, 0.4) is 0 Å². The Balaban J connectivity index is 2.35. The molecule has 0 amide bonds. The number of nitrogens with one attached hydrogen (secondary N) is 1. The number of hydrogen-bond acceptors (Lipinski definition) is 4. The molecule has 1 heterocycles. The van der Waals surface area contributed by atoms with E-state index in [9.17, 15) is 13.2 Å². The van der Waals surface area contributed by atoms with Crippen molar-refractivity contribution in [3.63, 3.8) is 0 Å². The highest BCUT2D eigenvalue weighted by Crippen LogP contribution is 2.12. The van der Waals surface area contributed by atoms with E-state index in [2.05, 4.69) is 15.5 Å².